The Hall–Kier alpha value is -3.84. The third-order valence-corrected chi connectivity index (χ3v) is 7.28. The highest BCUT2D eigenvalue weighted by atomic mass is 32.2. The highest BCUT2D eigenvalue weighted by Crippen LogP contribution is 2.42. The molecule has 0 atom stereocenters. The van der Waals surface area contributed by atoms with Gasteiger partial charge in [0.05, 0.1) is 11.3 Å². The van der Waals surface area contributed by atoms with Crippen LogP contribution in [-0.2, 0) is 12.8 Å². The number of carbonyl (C=O) groups excluding carboxylic acids is 1. The van der Waals surface area contributed by atoms with Crippen molar-refractivity contribution in [3.63, 3.8) is 0 Å². The Morgan fingerprint density at radius 2 is 1.85 bits per heavy atom. The molecule has 0 fully saturated rings. The molecule has 3 aromatic carbocycles. The maximum absolute atomic E-state index is 13.1. The molecule has 0 aliphatic carbocycles. The van der Waals surface area contributed by atoms with Gasteiger partial charge in [0.2, 0.25) is 11.7 Å². The van der Waals surface area contributed by atoms with Crippen molar-refractivity contribution in [1.29, 1.82) is 0 Å². The average Bonchev–Trinajstić information content (AvgIpc) is 3.49. The Labute approximate surface area is 201 Å². The molecule has 1 amide bonds. The summed E-state index contributed by atoms with van der Waals surface area (Å²) in [6.45, 7) is 2.59. The number of nitrogens with one attached hydrogen (secondary N) is 1. The molecular weight excluding hydrogens is 444 g/mol. The van der Waals surface area contributed by atoms with Gasteiger partial charge in [-0.15, -0.1) is 0 Å². The van der Waals surface area contributed by atoms with Gasteiger partial charge in [0, 0.05) is 45.4 Å². The molecule has 0 saturated heterocycles. The van der Waals surface area contributed by atoms with E-state index in [-0.39, 0.29) is 5.91 Å². The van der Waals surface area contributed by atoms with Gasteiger partial charge < -0.3 is 14.4 Å². The van der Waals surface area contributed by atoms with Gasteiger partial charge in [0.25, 0.3) is 5.91 Å². The lowest BCUT2D eigenvalue weighted by Crippen LogP contribution is -2.30. The first-order chi connectivity index (χ1) is 16.7. The number of aromatic amines is 1. The number of hydrogen-bond acceptors (Lipinski definition) is 5. The minimum Gasteiger partial charge on any atom is -0.361 e. The van der Waals surface area contributed by atoms with Crippen molar-refractivity contribution in [2.24, 2.45) is 0 Å². The van der Waals surface area contributed by atoms with E-state index >= 15 is 0 Å². The maximum atomic E-state index is 13.1. The fourth-order valence-electron chi connectivity index (χ4n) is 4.43. The highest BCUT2D eigenvalue weighted by molar-refractivity contribution is 7.99. The van der Waals surface area contributed by atoms with Crippen LogP contribution in [0.4, 0.5) is 5.69 Å². The van der Waals surface area contributed by atoms with E-state index in [0.717, 1.165) is 38.5 Å². The van der Waals surface area contributed by atoms with Crippen LogP contribution in [0.5, 0.6) is 0 Å². The molecule has 3 heterocycles. The Bertz CT molecular complexity index is 1520. The number of amides is 1. The number of anilines is 1. The van der Waals surface area contributed by atoms with Crippen molar-refractivity contribution in [3.8, 4) is 11.4 Å². The largest absolute Gasteiger partial charge is 0.361 e. The second-order valence-corrected chi connectivity index (χ2v) is 9.29. The molecule has 6 nitrogen and oxygen atoms in total. The number of hydrogen-bond donors (Lipinski definition) is 1. The number of rotatable bonds is 5. The van der Waals surface area contributed by atoms with E-state index in [1.807, 2.05) is 72.6 Å². The van der Waals surface area contributed by atoms with Crippen molar-refractivity contribution in [1.82, 2.24) is 15.1 Å². The van der Waals surface area contributed by atoms with Gasteiger partial charge in [-0.25, -0.2) is 0 Å². The number of carbonyl (C=O) groups is 1. The molecule has 34 heavy (non-hydrogen) atoms. The third-order valence-electron chi connectivity index (χ3n) is 6.16. The van der Waals surface area contributed by atoms with Crippen molar-refractivity contribution in [3.05, 3.63) is 89.9 Å². The van der Waals surface area contributed by atoms with Gasteiger partial charge in [-0.2, -0.15) is 4.98 Å². The first-order valence-electron chi connectivity index (χ1n) is 11.3. The predicted molar refractivity (Wildman–Crippen MR) is 133 cm³/mol. The summed E-state index contributed by atoms with van der Waals surface area (Å²) in [6, 6.07) is 22.0. The summed E-state index contributed by atoms with van der Waals surface area (Å²) < 4.78 is 5.57. The topological polar surface area (TPSA) is 75.0 Å². The van der Waals surface area contributed by atoms with Gasteiger partial charge in [-0.05, 0) is 55.3 Å². The van der Waals surface area contributed by atoms with Crippen molar-refractivity contribution in [2.75, 3.05) is 11.4 Å². The molecule has 5 aromatic rings. The van der Waals surface area contributed by atoms with Crippen LogP contribution in [0.1, 0.15) is 28.7 Å². The number of para-hydroxylation sites is 1. The minimum absolute atomic E-state index is 0.0243. The van der Waals surface area contributed by atoms with Crippen LogP contribution < -0.4 is 4.90 Å². The van der Waals surface area contributed by atoms with Crippen LogP contribution in [0.25, 0.3) is 22.3 Å². The van der Waals surface area contributed by atoms with E-state index in [1.54, 1.807) is 11.8 Å². The molecule has 168 valence electrons. The highest BCUT2D eigenvalue weighted by Gasteiger charge is 2.26. The Morgan fingerprint density at radius 1 is 1.00 bits per heavy atom. The van der Waals surface area contributed by atoms with E-state index in [4.69, 9.17) is 4.52 Å². The molecule has 6 rings (SSSR count). The molecule has 0 radical (unpaired) electrons. The lowest BCUT2D eigenvalue weighted by atomic mass is 10.1. The van der Waals surface area contributed by atoms with Crippen molar-refractivity contribution >= 4 is 34.3 Å². The lowest BCUT2D eigenvalue weighted by molar-refractivity contribution is 0.0985. The first kappa shape index (κ1) is 20.7. The Morgan fingerprint density at radius 3 is 2.76 bits per heavy atom. The maximum Gasteiger partial charge on any atom is 0.259 e. The molecule has 0 unspecified atom stereocenters. The summed E-state index contributed by atoms with van der Waals surface area (Å²) in [5.74, 6) is 1.19. The van der Waals surface area contributed by atoms with E-state index in [9.17, 15) is 4.79 Å². The molecule has 1 aliphatic rings. The minimum atomic E-state index is 0.0243. The van der Waals surface area contributed by atoms with Crippen molar-refractivity contribution in [2.45, 2.75) is 29.6 Å². The fourth-order valence-corrected chi connectivity index (χ4v) is 5.55. The van der Waals surface area contributed by atoms with Gasteiger partial charge >= 0.3 is 0 Å². The Kier molecular flexibility index (Phi) is 5.19. The normalized spacial score (nSPS) is 13.1. The molecule has 2 aromatic heterocycles. The Balaban J connectivity index is 1.27. The third kappa shape index (κ3) is 3.58. The SMILES string of the molecule is CCN1C(=O)c2ccccc2Sc2cc(-c3noc(CCc4c[nH]c5ccccc45)n3)ccc21. The quantitative estimate of drug-likeness (QED) is 0.337. The number of fused-ring (bicyclic) bond motifs is 3. The second kappa shape index (κ2) is 8.50. The van der Waals surface area contributed by atoms with Crippen LogP contribution in [0.2, 0.25) is 0 Å². The van der Waals surface area contributed by atoms with Crippen LogP contribution in [-0.4, -0.2) is 27.6 Å². The van der Waals surface area contributed by atoms with E-state index in [1.165, 1.54) is 10.9 Å². The molecule has 1 aliphatic heterocycles. The second-order valence-electron chi connectivity index (χ2n) is 8.20. The summed E-state index contributed by atoms with van der Waals surface area (Å²) in [6.07, 6.45) is 3.53. The van der Waals surface area contributed by atoms with Gasteiger partial charge in [0.1, 0.15) is 0 Å². The zero-order valence-electron chi connectivity index (χ0n) is 18.6. The van der Waals surface area contributed by atoms with Crippen molar-refractivity contribution < 1.29 is 9.32 Å². The first-order valence-corrected chi connectivity index (χ1v) is 12.1. The monoisotopic (exact) mass is 466 g/mol. The number of aryl methyl sites for hydroxylation is 2. The average molecular weight is 467 g/mol. The summed E-state index contributed by atoms with van der Waals surface area (Å²) in [5, 5.41) is 5.46. The number of benzene rings is 3. The fraction of sp³-hybridized carbons (Fsp3) is 0.148. The summed E-state index contributed by atoms with van der Waals surface area (Å²) in [7, 11) is 0. The zero-order chi connectivity index (χ0) is 23.1. The molecule has 0 bridgehead atoms. The number of nitrogens with zero attached hydrogens (tertiary/aromatic N) is 3. The van der Waals surface area contributed by atoms with E-state index < -0.39 is 0 Å². The van der Waals surface area contributed by atoms with Crippen LogP contribution in [0.15, 0.2) is 87.2 Å². The summed E-state index contributed by atoms with van der Waals surface area (Å²) in [4.78, 5) is 24.9. The smallest absolute Gasteiger partial charge is 0.259 e. The molecule has 0 spiro atoms. The number of H-pyrrole nitrogens is 1. The molecule has 7 heteroatoms. The van der Waals surface area contributed by atoms with Gasteiger partial charge in [-0.1, -0.05) is 47.3 Å². The van der Waals surface area contributed by atoms with Gasteiger partial charge in [-0.3, -0.25) is 4.79 Å². The number of aromatic nitrogens is 3. The van der Waals surface area contributed by atoms with E-state index in [0.29, 0.717) is 24.7 Å². The predicted octanol–water partition coefficient (Wildman–Crippen LogP) is 6.13. The molecule has 0 saturated carbocycles. The zero-order valence-corrected chi connectivity index (χ0v) is 19.4. The lowest BCUT2D eigenvalue weighted by Gasteiger charge is -2.21. The van der Waals surface area contributed by atoms with Gasteiger partial charge in [0.15, 0.2) is 0 Å². The van der Waals surface area contributed by atoms with E-state index in [2.05, 4.69) is 27.3 Å². The van der Waals surface area contributed by atoms with Crippen LogP contribution in [0, 0.1) is 0 Å². The standard InChI is InChI=1S/C27H22N4O2S/c1-2-31-22-13-11-17(15-24(22)34-23-10-6-4-8-20(23)27(31)32)26-29-25(33-30-26)14-12-18-16-28-21-9-5-3-7-19(18)21/h3-11,13,15-16,28H,2,12,14H2,1H3. The summed E-state index contributed by atoms with van der Waals surface area (Å²) in [5.41, 5.74) is 4.87. The molecular formula is C27H22N4O2S. The summed E-state index contributed by atoms with van der Waals surface area (Å²) >= 11 is 1.60. The molecule has 1 N–H and O–H groups in total. The van der Waals surface area contributed by atoms with Crippen LogP contribution in [0.3, 0.4) is 0 Å². The van der Waals surface area contributed by atoms with Crippen LogP contribution >= 0.6 is 11.8 Å².